The van der Waals surface area contributed by atoms with Crippen molar-refractivity contribution in [2.45, 2.75) is 26.2 Å². The Labute approximate surface area is 76.7 Å². The molecule has 12 heavy (non-hydrogen) atoms. The van der Waals surface area contributed by atoms with Gasteiger partial charge in [0.15, 0.2) is 0 Å². The third kappa shape index (κ3) is 6.49. The standard InChI is InChI=1S/C8H16O3S/c1-3-4-6-12(10)7-5-8(9)11-2/h3-7H2,1-2H3. The van der Waals surface area contributed by atoms with Crippen molar-refractivity contribution in [1.82, 2.24) is 0 Å². The van der Waals surface area contributed by atoms with Gasteiger partial charge >= 0.3 is 5.97 Å². The average Bonchev–Trinajstić information content (AvgIpc) is 2.10. The van der Waals surface area contributed by atoms with Crippen molar-refractivity contribution in [3.05, 3.63) is 0 Å². The summed E-state index contributed by atoms with van der Waals surface area (Å²) in [6, 6.07) is 0. The van der Waals surface area contributed by atoms with E-state index >= 15 is 0 Å². The van der Waals surface area contributed by atoms with Crippen LogP contribution in [-0.2, 0) is 20.7 Å². The zero-order chi connectivity index (χ0) is 9.40. The lowest BCUT2D eigenvalue weighted by Crippen LogP contribution is -2.15. The minimum atomic E-state index is -0.843. The molecule has 0 aromatic rings. The second-order valence-corrected chi connectivity index (χ2v) is 4.22. The molecule has 0 spiro atoms. The second kappa shape index (κ2) is 7.43. The first-order valence-corrected chi connectivity index (χ1v) is 5.61. The fourth-order valence-electron chi connectivity index (χ4n) is 0.707. The largest absolute Gasteiger partial charge is 0.616 e. The predicted octanol–water partition coefficient (Wildman–Crippen LogP) is 1.10. The lowest BCUT2D eigenvalue weighted by atomic mass is 10.4. The number of ether oxygens (including phenoxy) is 1. The van der Waals surface area contributed by atoms with Gasteiger partial charge in [0.2, 0.25) is 0 Å². The molecule has 0 aliphatic carbocycles. The van der Waals surface area contributed by atoms with E-state index in [9.17, 15) is 9.35 Å². The molecule has 0 heterocycles. The maximum Gasteiger partial charge on any atom is 0.310 e. The Morgan fingerprint density at radius 2 is 2.17 bits per heavy atom. The van der Waals surface area contributed by atoms with Gasteiger partial charge in [0.05, 0.1) is 13.5 Å². The number of esters is 1. The van der Waals surface area contributed by atoms with Crippen molar-refractivity contribution in [3.8, 4) is 0 Å². The normalized spacial score (nSPS) is 12.6. The molecule has 4 heteroatoms. The first kappa shape index (κ1) is 11.8. The third-order valence-corrected chi connectivity index (χ3v) is 2.89. The van der Waals surface area contributed by atoms with Crippen molar-refractivity contribution in [1.29, 1.82) is 0 Å². The molecule has 0 rings (SSSR count). The highest BCUT2D eigenvalue weighted by Gasteiger charge is 2.08. The van der Waals surface area contributed by atoms with E-state index < -0.39 is 11.2 Å². The van der Waals surface area contributed by atoms with Crippen molar-refractivity contribution >= 4 is 17.1 Å². The molecule has 0 fully saturated rings. The van der Waals surface area contributed by atoms with Crippen molar-refractivity contribution in [2.24, 2.45) is 0 Å². The minimum absolute atomic E-state index is 0.271. The van der Waals surface area contributed by atoms with Crippen LogP contribution in [0, 0.1) is 0 Å². The maximum atomic E-state index is 11.1. The highest BCUT2D eigenvalue weighted by molar-refractivity contribution is 7.91. The van der Waals surface area contributed by atoms with Gasteiger partial charge in [-0.1, -0.05) is 24.5 Å². The van der Waals surface area contributed by atoms with Gasteiger partial charge in [-0.25, -0.2) is 0 Å². The monoisotopic (exact) mass is 192 g/mol. The molecule has 0 aromatic heterocycles. The van der Waals surface area contributed by atoms with Gasteiger partial charge in [-0.05, 0) is 6.42 Å². The van der Waals surface area contributed by atoms with Crippen LogP contribution >= 0.6 is 0 Å². The lowest BCUT2D eigenvalue weighted by molar-refractivity contribution is -0.140. The van der Waals surface area contributed by atoms with Gasteiger partial charge in [-0.3, -0.25) is 4.79 Å². The zero-order valence-corrected chi connectivity index (χ0v) is 8.49. The SMILES string of the molecule is CCCC[S+]([O-])CCC(=O)OC. The number of rotatable bonds is 6. The summed E-state index contributed by atoms with van der Waals surface area (Å²) in [5.74, 6) is 0.861. The summed E-state index contributed by atoms with van der Waals surface area (Å²) < 4.78 is 15.6. The van der Waals surface area contributed by atoms with E-state index in [1.807, 2.05) is 0 Å². The molecule has 0 aliphatic rings. The Hall–Kier alpha value is -0.220. The fraction of sp³-hybridized carbons (Fsp3) is 0.875. The van der Waals surface area contributed by atoms with Gasteiger partial charge in [0, 0.05) is 0 Å². The molecule has 1 unspecified atom stereocenters. The number of carbonyl (C=O) groups excluding carboxylic acids is 1. The van der Waals surface area contributed by atoms with Gasteiger partial charge < -0.3 is 9.29 Å². The molecule has 0 aliphatic heterocycles. The van der Waals surface area contributed by atoms with Crippen LogP contribution in [0.4, 0.5) is 0 Å². The molecule has 0 amide bonds. The van der Waals surface area contributed by atoms with Gasteiger partial charge in [-0.2, -0.15) is 0 Å². The number of unbranched alkanes of at least 4 members (excludes halogenated alkanes) is 1. The molecular formula is C8H16O3S. The Balaban J connectivity index is 3.30. The predicted molar refractivity (Wildman–Crippen MR) is 49.4 cm³/mol. The van der Waals surface area contributed by atoms with Crippen LogP contribution in [-0.4, -0.2) is 29.1 Å². The Kier molecular flexibility index (Phi) is 7.29. The first-order chi connectivity index (χ1) is 5.70. The summed E-state index contributed by atoms with van der Waals surface area (Å²) in [5, 5.41) is 0. The zero-order valence-electron chi connectivity index (χ0n) is 7.67. The van der Waals surface area contributed by atoms with Crippen LogP contribution in [0.25, 0.3) is 0 Å². The van der Waals surface area contributed by atoms with Crippen LogP contribution in [0.3, 0.4) is 0 Å². The first-order valence-electron chi connectivity index (χ1n) is 4.12. The highest BCUT2D eigenvalue weighted by Crippen LogP contribution is 1.99. The molecule has 72 valence electrons. The van der Waals surface area contributed by atoms with Gasteiger partial charge in [-0.15, -0.1) is 0 Å². The quantitative estimate of drug-likeness (QED) is 0.467. The summed E-state index contributed by atoms with van der Waals surface area (Å²) >= 11 is -0.843. The van der Waals surface area contributed by atoms with E-state index in [1.165, 1.54) is 7.11 Å². The van der Waals surface area contributed by atoms with E-state index in [2.05, 4.69) is 11.7 Å². The fourth-order valence-corrected chi connectivity index (χ4v) is 1.92. The minimum Gasteiger partial charge on any atom is -0.616 e. The Morgan fingerprint density at radius 1 is 1.50 bits per heavy atom. The van der Waals surface area contributed by atoms with Crippen molar-refractivity contribution in [2.75, 3.05) is 18.6 Å². The second-order valence-electron chi connectivity index (χ2n) is 2.53. The smallest absolute Gasteiger partial charge is 0.310 e. The Bertz CT molecular complexity index is 127. The van der Waals surface area contributed by atoms with E-state index in [-0.39, 0.29) is 12.4 Å². The Morgan fingerprint density at radius 3 is 2.67 bits per heavy atom. The number of carbonyl (C=O) groups is 1. The number of methoxy groups -OCH3 is 1. The summed E-state index contributed by atoms with van der Waals surface area (Å²) in [4.78, 5) is 10.6. The van der Waals surface area contributed by atoms with E-state index in [4.69, 9.17) is 0 Å². The van der Waals surface area contributed by atoms with E-state index in [1.54, 1.807) is 0 Å². The van der Waals surface area contributed by atoms with Gasteiger partial charge in [0.1, 0.15) is 11.5 Å². The molecule has 0 N–H and O–H groups in total. The molecule has 3 nitrogen and oxygen atoms in total. The van der Waals surface area contributed by atoms with E-state index in [0.29, 0.717) is 11.5 Å². The molecular weight excluding hydrogens is 176 g/mol. The van der Waals surface area contributed by atoms with Crippen molar-refractivity contribution in [3.63, 3.8) is 0 Å². The third-order valence-electron chi connectivity index (χ3n) is 1.49. The summed E-state index contributed by atoms with van der Waals surface area (Å²) in [7, 11) is 1.34. The molecule has 0 saturated carbocycles. The number of hydrogen-bond donors (Lipinski definition) is 0. The molecule has 0 saturated heterocycles. The topological polar surface area (TPSA) is 49.4 Å². The average molecular weight is 192 g/mol. The van der Waals surface area contributed by atoms with Crippen molar-refractivity contribution < 1.29 is 14.1 Å². The van der Waals surface area contributed by atoms with Crippen LogP contribution in [0.1, 0.15) is 26.2 Å². The summed E-state index contributed by atoms with van der Waals surface area (Å²) in [5.41, 5.74) is 0. The molecule has 0 radical (unpaired) electrons. The number of hydrogen-bond acceptors (Lipinski definition) is 3. The van der Waals surface area contributed by atoms with Crippen LogP contribution in [0.15, 0.2) is 0 Å². The van der Waals surface area contributed by atoms with Gasteiger partial charge in [0.25, 0.3) is 0 Å². The summed E-state index contributed by atoms with van der Waals surface area (Å²) in [6.07, 6.45) is 2.28. The lowest BCUT2D eigenvalue weighted by Gasteiger charge is -2.08. The molecule has 0 aromatic carbocycles. The molecule has 1 atom stereocenters. The van der Waals surface area contributed by atoms with E-state index in [0.717, 1.165) is 12.8 Å². The summed E-state index contributed by atoms with van der Waals surface area (Å²) in [6.45, 7) is 2.05. The van der Waals surface area contributed by atoms with Crippen LogP contribution in [0.2, 0.25) is 0 Å². The van der Waals surface area contributed by atoms with Crippen LogP contribution < -0.4 is 0 Å². The van der Waals surface area contributed by atoms with Crippen LogP contribution in [0.5, 0.6) is 0 Å². The molecule has 0 bridgehead atoms. The highest BCUT2D eigenvalue weighted by atomic mass is 32.2. The maximum absolute atomic E-state index is 11.1.